The second-order valence-corrected chi connectivity index (χ2v) is 3.22. The second kappa shape index (κ2) is 5.06. The van der Waals surface area contributed by atoms with Gasteiger partial charge in [0, 0.05) is 12.4 Å². The van der Waals surface area contributed by atoms with E-state index >= 15 is 0 Å². The number of carbonyl (C=O) groups excluding carboxylic acids is 1. The van der Waals surface area contributed by atoms with Crippen LogP contribution in [0.5, 0.6) is 0 Å². The first-order valence-electron chi connectivity index (χ1n) is 4.67. The van der Waals surface area contributed by atoms with Gasteiger partial charge >= 0.3 is 0 Å². The molecule has 0 radical (unpaired) electrons. The standard InChI is InChI=1S/C11H13N3O2/c1-7(15)9(8(2)16)6-14-10-4-3-5-13-11(10)12/h3-6,15H,1-2H3,(H2,12,13)/b9-7-,14-6?. The number of nitrogens with zero attached hydrogens (tertiary/aromatic N) is 2. The SMILES string of the molecule is CC(=O)/C(C=Nc1cccnc1N)=C(/C)O. The second-order valence-electron chi connectivity index (χ2n) is 3.22. The summed E-state index contributed by atoms with van der Waals surface area (Å²) >= 11 is 0. The zero-order valence-corrected chi connectivity index (χ0v) is 9.14. The van der Waals surface area contributed by atoms with E-state index in [4.69, 9.17) is 5.73 Å². The summed E-state index contributed by atoms with van der Waals surface area (Å²) in [5.74, 6) is -0.0535. The maximum Gasteiger partial charge on any atom is 0.164 e. The Morgan fingerprint density at radius 2 is 2.25 bits per heavy atom. The molecule has 1 aromatic rings. The zero-order chi connectivity index (χ0) is 12.1. The topological polar surface area (TPSA) is 88.6 Å². The van der Waals surface area contributed by atoms with Gasteiger partial charge in [0.1, 0.15) is 17.3 Å². The maximum atomic E-state index is 11.1. The highest BCUT2D eigenvalue weighted by molar-refractivity contribution is 6.13. The Balaban J connectivity index is 3.02. The third-order valence-corrected chi connectivity index (χ3v) is 1.92. The third-order valence-electron chi connectivity index (χ3n) is 1.92. The molecule has 0 saturated carbocycles. The molecule has 3 N–H and O–H groups in total. The van der Waals surface area contributed by atoms with Crippen molar-refractivity contribution >= 4 is 23.5 Å². The molecule has 0 saturated heterocycles. The highest BCUT2D eigenvalue weighted by atomic mass is 16.3. The fourth-order valence-corrected chi connectivity index (χ4v) is 1.09. The van der Waals surface area contributed by atoms with E-state index in [1.807, 2.05) is 0 Å². The minimum atomic E-state index is -0.258. The normalized spacial score (nSPS) is 12.6. The number of hydrogen-bond acceptors (Lipinski definition) is 5. The van der Waals surface area contributed by atoms with E-state index < -0.39 is 0 Å². The van der Waals surface area contributed by atoms with Crippen LogP contribution in [0.2, 0.25) is 0 Å². The first-order valence-corrected chi connectivity index (χ1v) is 4.67. The number of aliphatic hydroxyl groups excluding tert-OH is 1. The fourth-order valence-electron chi connectivity index (χ4n) is 1.09. The summed E-state index contributed by atoms with van der Waals surface area (Å²) in [5, 5.41) is 9.25. The van der Waals surface area contributed by atoms with Gasteiger partial charge in [-0.25, -0.2) is 4.98 Å². The van der Waals surface area contributed by atoms with E-state index in [0.29, 0.717) is 5.69 Å². The van der Waals surface area contributed by atoms with Gasteiger partial charge in [-0.1, -0.05) is 0 Å². The third kappa shape index (κ3) is 2.91. The number of pyridine rings is 1. The van der Waals surface area contributed by atoms with Crippen molar-refractivity contribution in [3.05, 3.63) is 29.7 Å². The van der Waals surface area contributed by atoms with Gasteiger partial charge in [0.25, 0.3) is 0 Å². The largest absolute Gasteiger partial charge is 0.512 e. The predicted octanol–water partition coefficient (Wildman–Crippen LogP) is 1.79. The maximum absolute atomic E-state index is 11.1. The summed E-state index contributed by atoms with van der Waals surface area (Å²) in [5.41, 5.74) is 6.19. The van der Waals surface area contributed by atoms with Gasteiger partial charge in [-0.3, -0.25) is 9.79 Å². The Kier molecular flexibility index (Phi) is 3.77. The molecule has 5 heteroatoms. The van der Waals surface area contributed by atoms with Crippen LogP contribution in [0.15, 0.2) is 34.7 Å². The Morgan fingerprint density at radius 1 is 1.56 bits per heavy atom. The number of Topliss-reactive ketones (excluding diaryl/α,β-unsaturated/α-hetero) is 1. The molecule has 16 heavy (non-hydrogen) atoms. The molecule has 1 rings (SSSR count). The van der Waals surface area contributed by atoms with Crippen molar-refractivity contribution in [3.63, 3.8) is 0 Å². The summed E-state index contributed by atoms with van der Waals surface area (Å²) in [6, 6.07) is 3.36. The molecular formula is C11H13N3O2. The highest BCUT2D eigenvalue weighted by Crippen LogP contribution is 2.17. The van der Waals surface area contributed by atoms with E-state index in [-0.39, 0.29) is 22.9 Å². The zero-order valence-electron chi connectivity index (χ0n) is 9.14. The number of allylic oxidation sites excluding steroid dienone is 2. The molecule has 0 aliphatic carbocycles. The minimum Gasteiger partial charge on any atom is -0.512 e. The van der Waals surface area contributed by atoms with Crippen molar-refractivity contribution in [3.8, 4) is 0 Å². The molecule has 0 amide bonds. The first kappa shape index (κ1) is 11.9. The molecule has 0 atom stereocenters. The molecular weight excluding hydrogens is 206 g/mol. The average Bonchev–Trinajstić information content (AvgIpc) is 2.20. The highest BCUT2D eigenvalue weighted by Gasteiger charge is 2.05. The van der Waals surface area contributed by atoms with Crippen molar-refractivity contribution in [2.75, 3.05) is 5.73 Å². The first-order chi connectivity index (χ1) is 7.52. The van der Waals surface area contributed by atoms with Crippen molar-refractivity contribution in [1.82, 2.24) is 4.98 Å². The van der Waals surface area contributed by atoms with Crippen molar-refractivity contribution < 1.29 is 9.90 Å². The molecule has 0 spiro atoms. The van der Waals surface area contributed by atoms with Gasteiger partial charge in [0.2, 0.25) is 0 Å². The number of ketones is 1. The lowest BCUT2D eigenvalue weighted by Crippen LogP contribution is -2.01. The fraction of sp³-hybridized carbons (Fsp3) is 0.182. The van der Waals surface area contributed by atoms with Crippen LogP contribution in [-0.2, 0) is 4.79 Å². The Bertz CT molecular complexity index is 460. The molecule has 0 fully saturated rings. The molecule has 0 unspecified atom stereocenters. The number of aromatic nitrogens is 1. The van der Waals surface area contributed by atoms with E-state index in [0.717, 1.165) is 0 Å². The van der Waals surface area contributed by atoms with Crippen LogP contribution < -0.4 is 5.73 Å². The predicted molar refractivity (Wildman–Crippen MR) is 62.8 cm³/mol. The number of rotatable bonds is 3. The Hall–Kier alpha value is -2.17. The van der Waals surface area contributed by atoms with Crippen LogP contribution in [0.4, 0.5) is 11.5 Å². The van der Waals surface area contributed by atoms with Crippen molar-refractivity contribution in [2.45, 2.75) is 13.8 Å². The molecule has 0 aliphatic rings. The average molecular weight is 219 g/mol. The molecule has 5 nitrogen and oxygen atoms in total. The van der Waals surface area contributed by atoms with Crippen LogP contribution in [0.3, 0.4) is 0 Å². The van der Waals surface area contributed by atoms with E-state index in [1.54, 1.807) is 18.3 Å². The number of anilines is 1. The van der Waals surface area contributed by atoms with Crippen molar-refractivity contribution in [2.24, 2.45) is 4.99 Å². The van der Waals surface area contributed by atoms with Gasteiger partial charge in [-0.2, -0.15) is 0 Å². The minimum absolute atomic E-state index is 0.0706. The number of aliphatic imine (C=N–C) groups is 1. The summed E-state index contributed by atoms with van der Waals surface area (Å²) < 4.78 is 0. The number of carbonyl (C=O) groups is 1. The van der Waals surface area contributed by atoms with Crippen LogP contribution >= 0.6 is 0 Å². The summed E-state index contributed by atoms with van der Waals surface area (Å²) in [4.78, 5) is 19.0. The smallest absolute Gasteiger partial charge is 0.164 e. The van der Waals surface area contributed by atoms with Crippen LogP contribution in [0.1, 0.15) is 13.8 Å². The van der Waals surface area contributed by atoms with Crippen LogP contribution in [0.25, 0.3) is 0 Å². The van der Waals surface area contributed by atoms with Crippen LogP contribution in [0, 0.1) is 0 Å². The lowest BCUT2D eigenvalue weighted by Gasteiger charge is -1.99. The van der Waals surface area contributed by atoms with Gasteiger partial charge in [0.15, 0.2) is 5.78 Å². The van der Waals surface area contributed by atoms with Gasteiger partial charge in [-0.05, 0) is 26.0 Å². The van der Waals surface area contributed by atoms with Gasteiger partial charge in [0.05, 0.1) is 5.57 Å². The monoisotopic (exact) mass is 219 g/mol. The van der Waals surface area contributed by atoms with E-state index in [9.17, 15) is 9.90 Å². The van der Waals surface area contributed by atoms with Gasteiger partial charge < -0.3 is 10.8 Å². The lowest BCUT2D eigenvalue weighted by atomic mass is 10.2. The number of nitrogen functional groups attached to an aromatic ring is 1. The molecule has 1 aromatic heterocycles. The van der Waals surface area contributed by atoms with Gasteiger partial charge in [-0.15, -0.1) is 0 Å². The number of hydrogen-bond donors (Lipinski definition) is 2. The molecule has 0 aliphatic heterocycles. The molecule has 0 bridgehead atoms. The Morgan fingerprint density at radius 3 is 2.75 bits per heavy atom. The summed E-state index contributed by atoms with van der Waals surface area (Å²) in [6.45, 7) is 2.78. The van der Waals surface area contributed by atoms with E-state index in [1.165, 1.54) is 20.1 Å². The number of aliphatic hydroxyl groups is 1. The molecule has 1 heterocycles. The van der Waals surface area contributed by atoms with Crippen LogP contribution in [-0.4, -0.2) is 22.1 Å². The lowest BCUT2D eigenvalue weighted by molar-refractivity contribution is -0.113. The van der Waals surface area contributed by atoms with E-state index in [2.05, 4.69) is 9.98 Å². The molecule has 0 aromatic carbocycles. The Labute approximate surface area is 93.3 Å². The number of nitrogens with two attached hydrogens (primary N) is 1. The summed E-state index contributed by atoms with van der Waals surface area (Å²) in [6.07, 6.45) is 2.83. The quantitative estimate of drug-likeness (QED) is 0.460. The van der Waals surface area contributed by atoms with Crippen molar-refractivity contribution in [1.29, 1.82) is 0 Å². The summed E-state index contributed by atoms with van der Waals surface area (Å²) in [7, 11) is 0. The molecule has 84 valence electrons.